The molecule has 1 N–H and O–H groups in total. The Morgan fingerprint density at radius 3 is 2.59 bits per heavy atom. The normalized spacial score (nSPS) is 21.8. The van der Waals surface area contributed by atoms with Gasteiger partial charge >= 0.3 is 6.18 Å². The maximum Gasteiger partial charge on any atom is 0.417 e. The quantitative estimate of drug-likeness (QED) is 0.611. The number of nitrogens with zero attached hydrogens (tertiary/aromatic N) is 6. The summed E-state index contributed by atoms with van der Waals surface area (Å²) < 4.78 is 40.1. The minimum absolute atomic E-state index is 0.188. The highest BCUT2D eigenvalue weighted by Gasteiger charge is 2.54. The van der Waals surface area contributed by atoms with Crippen molar-refractivity contribution in [3.05, 3.63) is 53.7 Å². The molecule has 3 aliphatic rings. The van der Waals surface area contributed by atoms with Gasteiger partial charge in [0.25, 0.3) is 5.91 Å². The van der Waals surface area contributed by atoms with Gasteiger partial charge in [0.2, 0.25) is 0 Å². The van der Waals surface area contributed by atoms with E-state index in [0.717, 1.165) is 37.2 Å². The van der Waals surface area contributed by atoms with Crippen LogP contribution in [0.5, 0.6) is 0 Å². The molecule has 0 spiro atoms. The van der Waals surface area contributed by atoms with E-state index in [1.807, 2.05) is 11.8 Å². The van der Waals surface area contributed by atoms with Crippen molar-refractivity contribution in [3.8, 4) is 11.4 Å². The fourth-order valence-electron chi connectivity index (χ4n) is 5.05. The van der Waals surface area contributed by atoms with Gasteiger partial charge in [-0.2, -0.15) is 18.3 Å². The summed E-state index contributed by atoms with van der Waals surface area (Å²) in [6.45, 7) is 2.87. The Kier molecular flexibility index (Phi) is 5.29. The largest absolute Gasteiger partial charge is 0.417 e. The summed E-state index contributed by atoms with van der Waals surface area (Å²) in [7, 11) is 1.78. The number of hydrogen-bond donors (Lipinski definition) is 1. The molecule has 3 aromatic heterocycles. The first-order valence-corrected chi connectivity index (χ1v) is 11.1. The molecule has 1 amide bonds. The van der Waals surface area contributed by atoms with Crippen LogP contribution < -0.4 is 5.32 Å². The molecule has 2 bridgehead atoms. The second-order valence-corrected chi connectivity index (χ2v) is 9.03. The van der Waals surface area contributed by atoms with Crippen molar-refractivity contribution in [3.63, 3.8) is 0 Å². The van der Waals surface area contributed by atoms with Gasteiger partial charge in [-0.1, -0.05) is 0 Å². The van der Waals surface area contributed by atoms with Crippen molar-refractivity contribution in [2.75, 3.05) is 18.4 Å². The van der Waals surface area contributed by atoms with E-state index in [-0.39, 0.29) is 5.91 Å². The van der Waals surface area contributed by atoms with Crippen LogP contribution in [0.1, 0.15) is 41.0 Å². The summed E-state index contributed by atoms with van der Waals surface area (Å²) >= 11 is 0. The lowest BCUT2D eigenvalue weighted by Gasteiger charge is -2.59. The van der Waals surface area contributed by atoms with Gasteiger partial charge in [-0.25, -0.2) is 15.0 Å². The maximum atomic E-state index is 13.8. The summed E-state index contributed by atoms with van der Waals surface area (Å²) in [4.78, 5) is 28.2. The van der Waals surface area contributed by atoms with Gasteiger partial charge in [-0.15, -0.1) is 0 Å². The summed E-state index contributed by atoms with van der Waals surface area (Å²) in [6.07, 6.45) is 2.21. The number of pyridine rings is 1. The van der Waals surface area contributed by atoms with Crippen LogP contribution in [-0.4, -0.2) is 54.2 Å². The van der Waals surface area contributed by atoms with Crippen LogP contribution >= 0.6 is 0 Å². The van der Waals surface area contributed by atoms with Gasteiger partial charge in [-0.05, 0) is 50.3 Å². The number of halogens is 3. The molecule has 34 heavy (non-hydrogen) atoms. The van der Waals surface area contributed by atoms with Crippen molar-refractivity contribution < 1.29 is 18.0 Å². The van der Waals surface area contributed by atoms with Gasteiger partial charge in [0, 0.05) is 44.4 Å². The zero-order valence-corrected chi connectivity index (χ0v) is 18.8. The molecule has 0 atom stereocenters. The Bertz CT molecular complexity index is 1200. The van der Waals surface area contributed by atoms with Crippen LogP contribution in [-0.2, 0) is 13.2 Å². The number of carbonyl (C=O) groups is 1. The second-order valence-electron chi connectivity index (χ2n) is 9.03. The number of aromatic nitrogens is 5. The molecule has 5 heterocycles. The van der Waals surface area contributed by atoms with Gasteiger partial charge < -0.3 is 10.2 Å². The second kappa shape index (κ2) is 8.07. The molecule has 2 aliphatic heterocycles. The summed E-state index contributed by atoms with van der Waals surface area (Å²) in [5.74, 6) is 1.14. The summed E-state index contributed by atoms with van der Waals surface area (Å²) in [5.41, 5.74) is 0.477. The number of nitrogens with one attached hydrogen (secondary N) is 1. The Hall–Kier alpha value is -3.50. The molecule has 1 aliphatic carbocycles. The number of aryl methyl sites for hydroxylation is 1. The number of carbonyl (C=O) groups excluding carboxylic acids is 1. The third-order valence-corrected chi connectivity index (χ3v) is 6.93. The molecule has 3 fully saturated rings. The number of amides is 1. The monoisotopic (exact) mass is 471 g/mol. The van der Waals surface area contributed by atoms with E-state index < -0.39 is 17.3 Å². The average Bonchev–Trinajstić information content (AvgIpc) is 3.11. The number of piperidine rings is 2. The van der Waals surface area contributed by atoms with Gasteiger partial charge in [0.05, 0.1) is 16.7 Å². The third-order valence-electron chi connectivity index (χ3n) is 6.93. The van der Waals surface area contributed by atoms with Gasteiger partial charge in [0.1, 0.15) is 5.82 Å². The fraction of sp³-hybridized carbons (Fsp3) is 0.435. The zero-order chi connectivity index (χ0) is 24.1. The predicted molar refractivity (Wildman–Crippen MR) is 118 cm³/mol. The van der Waals surface area contributed by atoms with E-state index >= 15 is 0 Å². The maximum absolute atomic E-state index is 13.8. The number of hydrogen-bond acceptors (Lipinski definition) is 6. The van der Waals surface area contributed by atoms with E-state index in [0.29, 0.717) is 41.9 Å². The van der Waals surface area contributed by atoms with Crippen LogP contribution in [0.15, 0.2) is 36.8 Å². The molecular weight excluding hydrogens is 447 g/mol. The zero-order valence-electron chi connectivity index (χ0n) is 18.8. The number of alkyl halides is 3. The molecule has 178 valence electrons. The molecule has 11 heteroatoms. The fourth-order valence-corrected chi connectivity index (χ4v) is 5.05. The lowest BCUT2D eigenvalue weighted by atomic mass is 9.62. The Labute approximate surface area is 194 Å². The molecular formula is C23H24F3N7O. The SMILES string of the molecule is Cc1c(-c2ncccn2)c(C(=O)N2CCC3CC2(CNc2ccc(C(F)(F)F)cn2)C3)nn1C. The Balaban J connectivity index is 1.40. The summed E-state index contributed by atoms with van der Waals surface area (Å²) in [5, 5.41) is 7.65. The first-order valence-electron chi connectivity index (χ1n) is 11.1. The molecule has 0 unspecified atom stereocenters. The highest BCUT2D eigenvalue weighted by Crippen LogP contribution is 2.49. The topological polar surface area (TPSA) is 88.8 Å². The van der Waals surface area contributed by atoms with E-state index in [4.69, 9.17) is 0 Å². The Morgan fingerprint density at radius 1 is 1.21 bits per heavy atom. The molecule has 0 radical (unpaired) electrons. The molecule has 0 aromatic carbocycles. The first kappa shape index (κ1) is 22.3. The predicted octanol–water partition coefficient (Wildman–Crippen LogP) is 3.71. The van der Waals surface area contributed by atoms with Crippen molar-refractivity contribution in [1.82, 2.24) is 29.6 Å². The van der Waals surface area contributed by atoms with Crippen LogP contribution in [0.4, 0.5) is 19.0 Å². The van der Waals surface area contributed by atoms with Crippen LogP contribution in [0.3, 0.4) is 0 Å². The lowest BCUT2D eigenvalue weighted by molar-refractivity contribution is -0.137. The van der Waals surface area contributed by atoms with Crippen LogP contribution in [0, 0.1) is 12.8 Å². The minimum atomic E-state index is -4.43. The smallest absolute Gasteiger partial charge is 0.368 e. The van der Waals surface area contributed by atoms with E-state index in [1.54, 1.807) is 30.2 Å². The van der Waals surface area contributed by atoms with Gasteiger partial charge in [-0.3, -0.25) is 9.48 Å². The third kappa shape index (κ3) is 3.78. The van der Waals surface area contributed by atoms with Gasteiger partial charge in [0.15, 0.2) is 11.5 Å². The number of fused-ring (bicyclic) bond motifs is 2. The van der Waals surface area contributed by atoms with Crippen molar-refractivity contribution >= 4 is 11.7 Å². The molecule has 1 saturated carbocycles. The van der Waals surface area contributed by atoms with Crippen molar-refractivity contribution in [2.24, 2.45) is 13.0 Å². The van der Waals surface area contributed by atoms with E-state index in [9.17, 15) is 18.0 Å². The first-order chi connectivity index (χ1) is 16.2. The highest BCUT2D eigenvalue weighted by atomic mass is 19.4. The van der Waals surface area contributed by atoms with E-state index in [1.165, 1.54) is 6.07 Å². The Morgan fingerprint density at radius 2 is 1.94 bits per heavy atom. The van der Waals surface area contributed by atoms with Crippen LogP contribution in [0.25, 0.3) is 11.4 Å². The molecule has 8 nitrogen and oxygen atoms in total. The van der Waals surface area contributed by atoms with Crippen LogP contribution in [0.2, 0.25) is 0 Å². The molecule has 6 rings (SSSR count). The average molecular weight is 471 g/mol. The highest BCUT2D eigenvalue weighted by molar-refractivity contribution is 5.99. The standard InChI is InChI=1S/C23H24F3N7O/c1-14-18(20-27-7-3-8-28-20)19(31-32(14)2)21(34)33-9-6-15-10-22(33,11-15)13-30-17-5-4-16(12-29-17)23(24,25)26/h3-5,7-8,12,15H,6,9-11,13H2,1-2H3,(H,29,30). The van der Waals surface area contributed by atoms with Crippen molar-refractivity contribution in [1.29, 1.82) is 0 Å². The van der Waals surface area contributed by atoms with E-state index in [2.05, 4.69) is 25.4 Å². The summed E-state index contributed by atoms with van der Waals surface area (Å²) in [6, 6.07) is 4.03. The minimum Gasteiger partial charge on any atom is -0.368 e. The molecule has 2 saturated heterocycles. The number of rotatable bonds is 5. The number of anilines is 1. The lowest BCUT2D eigenvalue weighted by Crippen LogP contribution is -2.67. The molecule has 3 aromatic rings. The van der Waals surface area contributed by atoms with Crippen molar-refractivity contribution in [2.45, 2.75) is 37.9 Å².